The summed E-state index contributed by atoms with van der Waals surface area (Å²) in [5.41, 5.74) is 2.76. The maximum absolute atomic E-state index is 5.91. The summed E-state index contributed by atoms with van der Waals surface area (Å²) in [5.74, 6) is 0. The van der Waals surface area contributed by atoms with Crippen LogP contribution in [0.3, 0.4) is 0 Å². The first-order valence-electron chi connectivity index (χ1n) is 5.41. The molecule has 1 aliphatic heterocycles. The van der Waals surface area contributed by atoms with Crippen molar-refractivity contribution in [1.29, 1.82) is 0 Å². The van der Waals surface area contributed by atoms with E-state index in [0.717, 1.165) is 13.0 Å². The SMILES string of the molecule is [B]N1CCCC1c1ccc(CC)cc1. The first-order chi connectivity index (χ1) is 6.81. The third-order valence-electron chi connectivity index (χ3n) is 3.07. The van der Waals surface area contributed by atoms with E-state index in [0.29, 0.717) is 6.04 Å². The Morgan fingerprint density at radius 3 is 2.57 bits per heavy atom. The molecule has 0 N–H and O–H groups in total. The maximum atomic E-state index is 5.91. The van der Waals surface area contributed by atoms with Crippen molar-refractivity contribution in [1.82, 2.24) is 4.81 Å². The Morgan fingerprint density at radius 1 is 1.36 bits per heavy atom. The third kappa shape index (κ3) is 1.85. The van der Waals surface area contributed by atoms with Gasteiger partial charge < -0.3 is 4.81 Å². The second-order valence-corrected chi connectivity index (χ2v) is 3.99. The molecular weight excluding hydrogens is 169 g/mol. The fourth-order valence-electron chi connectivity index (χ4n) is 2.12. The van der Waals surface area contributed by atoms with Crippen LogP contribution in [-0.2, 0) is 6.42 Å². The number of nitrogens with zero attached hydrogens (tertiary/aromatic N) is 1. The quantitative estimate of drug-likeness (QED) is 0.639. The van der Waals surface area contributed by atoms with Gasteiger partial charge in [0.1, 0.15) is 0 Å². The molecule has 0 aromatic heterocycles. The molecular formula is C12H16BN. The molecule has 0 saturated carbocycles. The van der Waals surface area contributed by atoms with E-state index in [-0.39, 0.29) is 0 Å². The lowest BCUT2D eigenvalue weighted by molar-refractivity contribution is 0.434. The summed E-state index contributed by atoms with van der Waals surface area (Å²) in [6.07, 6.45) is 3.52. The average molecular weight is 185 g/mol. The zero-order chi connectivity index (χ0) is 9.97. The van der Waals surface area contributed by atoms with Crippen molar-refractivity contribution < 1.29 is 0 Å². The van der Waals surface area contributed by atoms with Crippen LogP contribution in [0.5, 0.6) is 0 Å². The first-order valence-corrected chi connectivity index (χ1v) is 5.41. The minimum absolute atomic E-state index is 0.445. The van der Waals surface area contributed by atoms with Crippen LogP contribution in [0.1, 0.15) is 36.9 Å². The van der Waals surface area contributed by atoms with Crippen LogP contribution in [-0.4, -0.2) is 19.3 Å². The Bertz CT molecular complexity index is 294. The zero-order valence-electron chi connectivity index (χ0n) is 8.74. The van der Waals surface area contributed by atoms with Crippen LogP contribution in [0.15, 0.2) is 24.3 Å². The molecule has 14 heavy (non-hydrogen) atoms. The van der Waals surface area contributed by atoms with E-state index in [1.807, 2.05) is 4.81 Å². The Kier molecular flexibility index (Phi) is 2.92. The van der Waals surface area contributed by atoms with E-state index in [1.165, 1.54) is 24.0 Å². The lowest BCUT2D eigenvalue weighted by Gasteiger charge is -2.20. The molecule has 1 aliphatic rings. The fourth-order valence-corrected chi connectivity index (χ4v) is 2.12. The lowest BCUT2D eigenvalue weighted by atomic mass is 10.0. The molecule has 0 aliphatic carbocycles. The van der Waals surface area contributed by atoms with Gasteiger partial charge in [-0.3, -0.25) is 0 Å². The Labute approximate surface area is 87.5 Å². The predicted octanol–water partition coefficient (Wildman–Crippen LogP) is 2.47. The highest BCUT2D eigenvalue weighted by Gasteiger charge is 2.21. The molecule has 1 saturated heterocycles. The Balaban J connectivity index is 2.16. The lowest BCUT2D eigenvalue weighted by Crippen LogP contribution is -2.19. The van der Waals surface area contributed by atoms with Crippen LogP contribution in [0.4, 0.5) is 0 Å². The summed E-state index contributed by atoms with van der Waals surface area (Å²) in [6.45, 7) is 3.21. The highest BCUT2D eigenvalue weighted by atomic mass is 15.1. The molecule has 1 fully saturated rings. The van der Waals surface area contributed by atoms with Crippen molar-refractivity contribution in [3.05, 3.63) is 35.4 Å². The van der Waals surface area contributed by atoms with Gasteiger partial charge in [0.15, 0.2) is 7.98 Å². The first kappa shape index (κ1) is 9.79. The van der Waals surface area contributed by atoms with Gasteiger partial charge in [0.2, 0.25) is 0 Å². The smallest absolute Gasteiger partial charge is 0.183 e. The molecule has 1 nitrogen and oxygen atoms in total. The monoisotopic (exact) mass is 185 g/mol. The maximum Gasteiger partial charge on any atom is 0.183 e. The van der Waals surface area contributed by atoms with E-state index in [9.17, 15) is 0 Å². The van der Waals surface area contributed by atoms with Gasteiger partial charge in [0.25, 0.3) is 0 Å². The largest absolute Gasteiger partial charge is 0.347 e. The Morgan fingerprint density at radius 2 is 2.07 bits per heavy atom. The van der Waals surface area contributed by atoms with Crippen molar-refractivity contribution in [3.63, 3.8) is 0 Å². The van der Waals surface area contributed by atoms with Gasteiger partial charge >= 0.3 is 0 Å². The molecule has 2 heteroatoms. The van der Waals surface area contributed by atoms with Gasteiger partial charge in [-0.25, -0.2) is 0 Å². The molecule has 72 valence electrons. The van der Waals surface area contributed by atoms with Crippen LogP contribution in [0.2, 0.25) is 0 Å². The Hall–Kier alpha value is -0.755. The minimum atomic E-state index is 0.445. The molecule has 1 unspecified atom stereocenters. The molecule has 1 atom stereocenters. The normalized spacial score (nSPS) is 22.8. The molecule has 1 aromatic rings. The van der Waals surface area contributed by atoms with E-state index < -0.39 is 0 Å². The second-order valence-electron chi connectivity index (χ2n) is 3.99. The van der Waals surface area contributed by atoms with Gasteiger partial charge in [0.05, 0.1) is 0 Å². The molecule has 0 bridgehead atoms. The molecule has 1 heterocycles. The van der Waals surface area contributed by atoms with Gasteiger partial charge in [-0.05, 0) is 36.9 Å². The van der Waals surface area contributed by atoms with Gasteiger partial charge in [-0.1, -0.05) is 31.2 Å². The van der Waals surface area contributed by atoms with Crippen molar-refractivity contribution in [2.75, 3.05) is 6.54 Å². The molecule has 0 amide bonds. The second kappa shape index (κ2) is 4.18. The summed E-state index contributed by atoms with van der Waals surface area (Å²) in [6, 6.07) is 9.30. The summed E-state index contributed by atoms with van der Waals surface area (Å²) in [4.78, 5) is 1.96. The van der Waals surface area contributed by atoms with Crippen LogP contribution < -0.4 is 0 Å². The standard InChI is InChI=1S/C12H16BN/c1-2-10-5-7-11(8-6-10)12-4-3-9-14(12)13/h5-8,12H,2-4,9H2,1H3. The van der Waals surface area contributed by atoms with E-state index >= 15 is 0 Å². The van der Waals surface area contributed by atoms with Crippen molar-refractivity contribution in [2.24, 2.45) is 0 Å². The summed E-state index contributed by atoms with van der Waals surface area (Å²) in [5, 5.41) is 0. The van der Waals surface area contributed by atoms with Crippen LogP contribution in [0.25, 0.3) is 0 Å². The fraction of sp³-hybridized carbons (Fsp3) is 0.500. The topological polar surface area (TPSA) is 3.24 Å². The predicted molar refractivity (Wildman–Crippen MR) is 60.3 cm³/mol. The van der Waals surface area contributed by atoms with E-state index in [2.05, 4.69) is 31.2 Å². The third-order valence-corrected chi connectivity index (χ3v) is 3.07. The highest BCUT2D eigenvalue weighted by molar-refractivity contribution is 6.04. The minimum Gasteiger partial charge on any atom is -0.347 e. The highest BCUT2D eigenvalue weighted by Crippen LogP contribution is 2.29. The van der Waals surface area contributed by atoms with Gasteiger partial charge in [-0.2, -0.15) is 0 Å². The zero-order valence-corrected chi connectivity index (χ0v) is 8.74. The van der Waals surface area contributed by atoms with Crippen LogP contribution >= 0.6 is 0 Å². The number of hydrogen-bond acceptors (Lipinski definition) is 1. The number of hydrogen-bond donors (Lipinski definition) is 0. The molecule has 2 rings (SSSR count). The summed E-state index contributed by atoms with van der Waals surface area (Å²) in [7, 11) is 5.91. The summed E-state index contributed by atoms with van der Waals surface area (Å²) >= 11 is 0. The van der Waals surface area contributed by atoms with Crippen molar-refractivity contribution >= 4 is 7.98 Å². The molecule has 2 radical (unpaired) electrons. The van der Waals surface area contributed by atoms with E-state index in [4.69, 9.17) is 7.98 Å². The van der Waals surface area contributed by atoms with Crippen LogP contribution in [0, 0.1) is 0 Å². The molecule has 0 spiro atoms. The summed E-state index contributed by atoms with van der Waals surface area (Å²) < 4.78 is 0. The number of benzene rings is 1. The number of rotatable bonds is 2. The number of aryl methyl sites for hydroxylation is 1. The van der Waals surface area contributed by atoms with Crippen molar-refractivity contribution in [2.45, 2.75) is 32.2 Å². The van der Waals surface area contributed by atoms with Gasteiger partial charge in [0, 0.05) is 6.04 Å². The van der Waals surface area contributed by atoms with E-state index in [1.54, 1.807) is 0 Å². The average Bonchev–Trinajstić information content (AvgIpc) is 2.65. The van der Waals surface area contributed by atoms with Gasteiger partial charge in [-0.15, -0.1) is 0 Å². The molecule has 1 aromatic carbocycles. The van der Waals surface area contributed by atoms with Crippen molar-refractivity contribution in [3.8, 4) is 0 Å².